The van der Waals surface area contributed by atoms with Crippen molar-refractivity contribution in [1.29, 1.82) is 0 Å². The standard InChI is InChI=1S/C21H24O4/c1-2-3-4-8-15-24-19-13-11-18(12-14-19)21(23)25-16-20(22)17-9-6-5-7-10-17/h5-7,9-14H,2-4,8,15-16H2,1H3. The molecule has 0 spiro atoms. The summed E-state index contributed by atoms with van der Waals surface area (Å²) in [4.78, 5) is 23.9. The van der Waals surface area contributed by atoms with Gasteiger partial charge in [0, 0.05) is 5.56 Å². The zero-order valence-corrected chi connectivity index (χ0v) is 14.6. The highest BCUT2D eigenvalue weighted by molar-refractivity contribution is 5.99. The first-order valence-electron chi connectivity index (χ1n) is 8.69. The number of benzene rings is 2. The minimum Gasteiger partial charge on any atom is -0.494 e. The zero-order valence-electron chi connectivity index (χ0n) is 14.6. The second kappa shape index (κ2) is 10.3. The van der Waals surface area contributed by atoms with Crippen molar-refractivity contribution in [2.24, 2.45) is 0 Å². The number of carbonyl (C=O) groups is 2. The molecule has 4 heteroatoms. The molecule has 0 aliphatic rings. The Morgan fingerprint density at radius 2 is 1.56 bits per heavy atom. The zero-order chi connectivity index (χ0) is 17.9. The van der Waals surface area contributed by atoms with Crippen LogP contribution in [-0.2, 0) is 4.74 Å². The Hall–Kier alpha value is -2.62. The van der Waals surface area contributed by atoms with E-state index >= 15 is 0 Å². The highest BCUT2D eigenvalue weighted by atomic mass is 16.5. The molecule has 0 heterocycles. The van der Waals surface area contributed by atoms with Gasteiger partial charge >= 0.3 is 5.97 Å². The van der Waals surface area contributed by atoms with Gasteiger partial charge in [0.15, 0.2) is 12.4 Å². The highest BCUT2D eigenvalue weighted by Crippen LogP contribution is 2.14. The van der Waals surface area contributed by atoms with Crippen LogP contribution in [0.1, 0.15) is 53.3 Å². The first-order valence-corrected chi connectivity index (χ1v) is 8.69. The average molecular weight is 340 g/mol. The van der Waals surface area contributed by atoms with Crippen LogP contribution in [0.2, 0.25) is 0 Å². The van der Waals surface area contributed by atoms with E-state index in [1.54, 1.807) is 48.5 Å². The molecule has 0 unspecified atom stereocenters. The van der Waals surface area contributed by atoms with E-state index in [4.69, 9.17) is 9.47 Å². The molecule has 0 atom stereocenters. The number of hydrogen-bond donors (Lipinski definition) is 0. The summed E-state index contributed by atoms with van der Waals surface area (Å²) in [5.41, 5.74) is 0.932. The minimum absolute atomic E-state index is 0.221. The molecule has 4 nitrogen and oxygen atoms in total. The van der Waals surface area contributed by atoms with E-state index in [1.165, 1.54) is 12.8 Å². The number of ether oxygens (including phenoxy) is 2. The van der Waals surface area contributed by atoms with E-state index < -0.39 is 5.97 Å². The maximum Gasteiger partial charge on any atom is 0.338 e. The van der Waals surface area contributed by atoms with E-state index in [0.717, 1.165) is 18.6 Å². The fourth-order valence-electron chi connectivity index (χ4n) is 2.33. The predicted octanol–water partition coefficient (Wildman–Crippen LogP) is 4.69. The van der Waals surface area contributed by atoms with E-state index in [-0.39, 0.29) is 12.4 Å². The molecule has 25 heavy (non-hydrogen) atoms. The Morgan fingerprint density at radius 3 is 2.24 bits per heavy atom. The van der Waals surface area contributed by atoms with Crippen LogP contribution in [0.4, 0.5) is 0 Å². The molecule has 2 rings (SSSR count). The maximum absolute atomic E-state index is 12.0. The summed E-state index contributed by atoms with van der Waals surface area (Å²) in [6, 6.07) is 15.6. The van der Waals surface area contributed by atoms with E-state index in [0.29, 0.717) is 17.7 Å². The lowest BCUT2D eigenvalue weighted by atomic mass is 10.1. The van der Waals surface area contributed by atoms with Crippen LogP contribution < -0.4 is 4.74 Å². The summed E-state index contributed by atoms with van der Waals surface area (Å²) in [5, 5.41) is 0. The molecule has 132 valence electrons. The van der Waals surface area contributed by atoms with Gasteiger partial charge in [0.2, 0.25) is 0 Å². The third-order valence-corrected chi connectivity index (χ3v) is 3.79. The Balaban J connectivity index is 1.77. The monoisotopic (exact) mass is 340 g/mol. The largest absolute Gasteiger partial charge is 0.494 e. The SMILES string of the molecule is CCCCCCOc1ccc(C(=O)OCC(=O)c2ccccc2)cc1. The summed E-state index contributed by atoms with van der Waals surface area (Å²) < 4.78 is 10.7. The van der Waals surface area contributed by atoms with Gasteiger partial charge in [-0.25, -0.2) is 4.79 Å². The molecular formula is C21H24O4. The molecule has 0 aromatic heterocycles. The van der Waals surface area contributed by atoms with E-state index in [2.05, 4.69) is 6.92 Å². The molecule has 0 saturated heterocycles. The summed E-state index contributed by atoms with van der Waals surface area (Å²) in [7, 11) is 0. The fraction of sp³-hybridized carbons (Fsp3) is 0.333. The Kier molecular flexibility index (Phi) is 7.70. The molecule has 0 bridgehead atoms. The van der Waals surface area contributed by atoms with Gasteiger partial charge in [-0.15, -0.1) is 0 Å². The van der Waals surface area contributed by atoms with Crippen LogP contribution in [0, 0.1) is 0 Å². The Bertz CT molecular complexity index is 662. The lowest BCUT2D eigenvalue weighted by Gasteiger charge is -2.07. The Labute approximate surface area is 148 Å². The predicted molar refractivity (Wildman–Crippen MR) is 97.1 cm³/mol. The number of carbonyl (C=O) groups excluding carboxylic acids is 2. The number of esters is 1. The van der Waals surface area contributed by atoms with Gasteiger partial charge < -0.3 is 9.47 Å². The van der Waals surface area contributed by atoms with E-state index in [9.17, 15) is 9.59 Å². The molecule has 2 aromatic carbocycles. The van der Waals surface area contributed by atoms with Crippen molar-refractivity contribution >= 4 is 11.8 Å². The molecular weight excluding hydrogens is 316 g/mol. The van der Waals surface area contributed by atoms with Crippen molar-refractivity contribution in [3.05, 3.63) is 65.7 Å². The van der Waals surface area contributed by atoms with Crippen LogP contribution in [0.5, 0.6) is 5.75 Å². The molecule has 0 N–H and O–H groups in total. The third-order valence-electron chi connectivity index (χ3n) is 3.79. The molecule has 0 radical (unpaired) electrons. The molecule has 0 aliphatic heterocycles. The fourth-order valence-corrected chi connectivity index (χ4v) is 2.33. The lowest BCUT2D eigenvalue weighted by Crippen LogP contribution is -2.14. The van der Waals surface area contributed by atoms with Gasteiger partial charge in [-0.1, -0.05) is 56.5 Å². The van der Waals surface area contributed by atoms with E-state index in [1.807, 2.05) is 6.07 Å². The Morgan fingerprint density at radius 1 is 0.840 bits per heavy atom. The quantitative estimate of drug-likeness (QED) is 0.358. The number of Topliss-reactive ketones (excluding diaryl/α,β-unsaturated/α-hetero) is 1. The first-order chi connectivity index (χ1) is 12.2. The summed E-state index contributed by atoms with van der Waals surface area (Å²) in [5.74, 6) is -0.00632. The molecule has 0 fully saturated rings. The minimum atomic E-state index is -0.515. The highest BCUT2D eigenvalue weighted by Gasteiger charge is 2.11. The van der Waals surface area contributed by atoms with Crippen LogP contribution in [-0.4, -0.2) is 25.0 Å². The second-order valence-electron chi connectivity index (χ2n) is 5.80. The number of ketones is 1. The summed E-state index contributed by atoms with van der Waals surface area (Å²) in [6.07, 6.45) is 4.61. The molecule has 2 aromatic rings. The summed E-state index contributed by atoms with van der Waals surface area (Å²) in [6.45, 7) is 2.58. The average Bonchev–Trinajstić information content (AvgIpc) is 2.67. The smallest absolute Gasteiger partial charge is 0.338 e. The molecule has 0 saturated carbocycles. The summed E-state index contributed by atoms with van der Waals surface area (Å²) >= 11 is 0. The van der Waals surface area contributed by atoms with Crippen LogP contribution in [0.15, 0.2) is 54.6 Å². The van der Waals surface area contributed by atoms with Gasteiger partial charge in [0.25, 0.3) is 0 Å². The van der Waals surface area contributed by atoms with Gasteiger partial charge in [-0.05, 0) is 30.7 Å². The van der Waals surface area contributed by atoms with Gasteiger partial charge in [-0.3, -0.25) is 4.79 Å². The van der Waals surface area contributed by atoms with Crippen LogP contribution in [0.3, 0.4) is 0 Å². The number of rotatable bonds is 10. The third kappa shape index (κ3) is 6.42. The van der Waals surface area contributed by atoms with Crippen molar-refractivity contribution in [3.63, 3.8) is 0 Å². The van der Waals surface area contributed by atoms with Crippen molar-refractivity contribution in [2.45, 2.75) is 32.6 Å². The normalized spacial score (nSPS) is 10.3. The van der Waals surface area contributed by atoms with Crippen LogP contribution >= 0.6 is 0 Å². The topological polar surface area (TPSA) is 52.6 Å². The van der Waals surface area contributed by atoms with Gasteiger partial charge in [0.05, 0.1) is 12.2 Å². The van der Waals surface area contributed by atoms with Gasteiger partial charge in [0.1, 0.15) is 5.75 Å². The van der Waals surface area contributed by atoms with Gasteiger partial charge in [-0.2, -0.15) is 0 Å². The number of unbranched alkanes of at least 4 members (excludes halogenated alkanes) is 3. The first kappa shape index (κ1) is 18.7. The van der Waals surface area contributed by atoms with Crippen molar-refractivity contribution in [1.82, 2.24) is 0 Å². The lowest BCUT2D eigenvalue weighted by molar-refractivity contribution is 0.0474. The van der Waals surface area contributed by atoms with Crippen molar-refractivity contribution < 1.29 is 19.1 Å². The second-order valence-corrected chi connectivity index (χ2v) is 5.80. The molecule has 0 aliphatic carbocycles. The van der Waals surface area contributed by atoms with Crippen molar-refractivity contribution in [3.8, 4) is 5.75 Å². The van der Waals surface area contributed by atoms with Crippen molar-refractivity contribution in [2.75, 3.05) is 13.2 Å². The molecule has 0 amide bonds. The number of hydrogen-bond acceptors (Lipinski definition) is 4. The maximum atomic E-state index is 12.0. The van der Waals surface area contributed by atoms with Crippen LogP contribution in [0.25, 0.3) is 0 Å².